The third-order valence-corrected chi connectivity index (χ3v) is 2.50. The number of carboxylic acid groups (broad SMARTS) is 1. The predicted octanol–water partition coefficient (Wildman–Crippen LogP) is 1.32. The molecule has 2 N–H and O–H groups in total. The molecule has 0 atom stereocenters. The van der Waals surface area contributed by atoms with Crippen molar-refractivity contribution in [3.05, 3.63) is 36.5 Å². The van der Waals surface area contributed by atoms with E-state index in [-0.39, 0.29) is 24.0 Å². The second-order valence-electron chi connectivity index (χ2n) is 4.05. The van der Waals surface area contributed by atoms with E-state index >= 15 is 0 Å². The smallest absolute Gasteiger partial charge is 0.254 e. The van der Waals surface area contributed by atoms with Crippen LogP contribution in [0.15, 0.2) is 36.5 Å². The number of carbonyl (C=O) groups excluding carboxylic acids is 1. The van der Waals surface area contributed by atoms with E-state index in [1.807, 2.05) is 49.0 Å². The minimum absolute atomic E-state index is 0. The summed E-state index contributed by atoms with van der Waals surface area (Å²) < 4.78 is 1.91. The van der Waals surface area contributed by atoms with Crippen molar-refractivity contribution in [3.8, 4) is 5.75 Å². The van der Waals surface area contributed by atoms with Gasteiger partial charge in [0, 0.05) is 12.6 Å². The molecule has 0 saturated carbocycles. The number of benzene rings is 1. The van der Waals surface area contributed by atoms with E-state index in [4.69, 9.17) is 0 Å². The van der Waals surface area contributed by atoms with E-state index in [2.05, 4.69) is 5.32 Å². The molecule has 1 heterocycles. The number of nitrogens with one attached hydrogen (secondary N) is 1. The Hall–Kier alpha value is -1.57. The first-order valence-electron chi connectivity index (χ1n) is 6.07. The van der Waals surface area contributed by atoms with Gasteiger partial charge in [-0.1, -0.05) is 13.0 Å². The summed E-state index contributed by atoms with van der Waals surface area (Å²) in [7, 11) is 1.92. The lowest BCUT2D eigenvalue weighted by Gasteiger charge is -2.01. The third kappa shape index (κ3) is 5.60. The highest BCUT2D eigenvalue weighted by Crippen LogP contribution is 2.19. The van der Waals surface area contributed by atoms with Crippen LogP contribution in [-0.2, 0) is 7.05 Å². The number of phenolic OH excluding ortho intramolecular Hbond substituents is 1. The van der Waals surface area contributed by atoms with Crippen molar-refractivity contribution in [1.29, 1.82) is 0 Å². The number of para-hydroxylation sites is 1. The zero-order chi connectivity index (χ0) is 14.3. The number of aromatic hydroxyl groups is 1. The SMILES string of the molecule is CCCNC(=O)[O-].C[n+]1cccc2cccc(O)c21.I. The number of aryl methyl sites for hydroxylation is 1. The molecular weight excluding hydrogens is 371 g/mol. The Balaban J connectivity index is 0.000000396. The molecule has 1 aromatic carbocycles. The molecule has 6 heteroatoms. The maximum Gasteiger partial charge on any atom is 0.254 e. The number of fused-ring (bicyclic) bond motifs is 1. The van der Waals surface area contributed by atoms with Gasteiger partial charge in [0.15, 0.2) is 11.9 Å². The van der Waals surface area contributed by atoms with Gasteiger partial charge in [-0.05, 0) is 24.6 Å². The summed E-state index contributed by atoms with van der Waals surface area (Å²) in [6.07, 6.45) is 1.54. The Morgan fingerprint density at radius 2 is 2.00 bits per heavy atom. The van der Waals surface area contributed by atoms with Crippen LogP contribution < -0.4 is 15.0 Å². The van der Waals surface area contributed by atoms with Gasteiger partial charge in [-0.3, -0.25) is 0 Å². The molecule has 20 heavy (non-hydrogen) atoms. The Morgan fingerprint density at radius 3 is 2.50 bits per heavy atom. The van der Waals surface area contributed by atoms with Crippen molar-refractivity contribution in [1.82, 2.24) is 5.32 Å². The molecule has 1 amide bonds. The van der Waals surface area contributed by atoms with E-state index in [0.717, 1.165) is 17.3 Å². The van der Waals surface area contributed by atoms with Crippen molar-refractivity contribution < 1.29 is 19.6 Å². The molecule has 110 valence electrons. The van der Waals surface area contributed by atoms with Crippen molar-refractivity contribution in [2.45, 2.75) is 13.3 Å². The van der Waals surface area contributed by atoms with Crippen molar-refractivity contribution in [3.63, 3.8) is 0 Å². The fraction of sp³-hybridized carbons (Fsp3) is 0.286. The molecule has 0 radical (unpaired) electrons. The Bertz CT molecular complexity index is 524. The summed E-state index contributed by atoms with van der Waals surface area (Å²) in [5.41, 5.74) is 0.875. The number of nitrogens with zero attached hydrogens (tertiary/aromatic N) is 1. The molecule has 0 bridgehead atoms. The number of hydrogen-bond donors (Lipinski definition) is 2. The average Bonchev–Trinajstić information content (AvgIpc) is 2.37. The fourth-order valence-corrected chi connectivity index (χ4v) is 1.64. The van der Waals surface area contributed by atoms with Crippen LogP contribution in [0.4, 0.5) is 4.79 Å². The molecule has 5 nitrogen and oxygen atoms in total. The Morgan fingerprint density at radius 1 is 1.35 bits per heavy atom. The number of hydrogen-bond acceptors (Lipinski definition) is 3. The van der Waals surface area contributed by atoms with Gasteiger partial charge in [0.2, 0.25) is 0 Å². The molecule has 2 aromatic rings. The summed E-state index contributed by atoms with van der Waals surface area (Å²) in [6.45, 7) is 2.37. The van der Waals surface area contributed by atoms with Crippen LogP contribution in [0.1, 0.15) is 13.3 Å². The number of phenols is 1. The zero-order valence-electron chi connectivity index (χ0n) is 11.5. The van der Waals surface area contributed by atoms with E-state index in [1.165, 1.54) is 0 Å². The lowest BCUT2D eigenvalue weighted by atomic mass is 10.2. The number of pyridine rings is 1. The highest BCUT2D eigenvalue weighted by atomic mass is 127. The van der Waals surface area contributed by atoms with Gasteiger partial charge in [-0.2, -0.15) is 4.57 Å². The quantitative estimate of drug-likeness (QED) is 0.600. The fourth-order valence-electron chi connectivity index (χ4n) is 1.64. The van der Waals surface area contributed by atoms with E-state index in [1.54, 1.807) is 6.07 Å². The normalized spacial score (nSPS) is 9.10. The molecular formula is C14H19IN2O3. The summed E-state index contributed by atoms with van der Waals surface area (Å²) in [5, 5.41) is 22.2. The summed E-state index contributed by atoms with van der Waals surface area (Å²) in [5.74, 6) is 0.329. The van der Waals surface area contributed by atoms with Crippen LogP contribution in [0.3, 0.4) is 0 Å². The monoisotopic (exact) mass is 390 g/mol. The number of carbonyl (C=O) groups is 1. The number of amides is 1. The first-order chi connectivity index (χ1) is 9.06. The second-order valence-corrected chi connectivity index (χ2v) is 4.05. The largest absolute Gasteiger partial charge is 0.530 e. The van der Waals surface area contributed by atoms with Gasteiger partial charge in [0.1, 0.15) is 13.1 Å². The first kappa shape index (κ1) is 18.4. The van der Waals surface area contributed by atoms with Crippen LogP contribution in [0.5, 0.6) is 5.75 Å². The highest BCUT2D eigenvalue weighted by molar-refractivity contribution is 14.0. The van der Waals surface area contributed by atoms with Gasteiger partial charge >= 0.3 is 0 Å². The summed E-state index contributed by atoms with van der Waals surface area (Å²) in [4.78, 5) is 9.54. The molecule has 0 spiro atoms. The maximum absolute atomic E-state index is 9.54. The molecule has 0 aliphatic carbocycles. The van der Waals surface area contributed by atoms with Gasteiger partial charge in [0.25, 0.3) is 5.52 Å². The van der Waals surface area contributed by atoms with Gasteiger partial charge < -0.3 is 20.3 Å². The second kappa shape index (κ2) is 9.35. The maximum atomic E-state index is 9.54. The minimum Gasteiger partial charge on any atom is -0.530 e. The number of halogens is 1. The van der Waals surface area contributed by atoms with Gasteiger partial charge in [-0.25, -0.2) is 0 Å². The van der Waals surface area contributed by atoms with Crippen LogP contribution >= 0.6 is 24.0 Å². The Kier molecular flexibility index (Phi) is 8.62. The average molecular weight is 390 g/mol. The molecule has 0 fully saturated rings. The zero-order valence-corrected chi connectivity index (χ0v) is 13.8. The molecule has 1 aromatic heterocycles. The third-order valence-electron chi connectivity index (χ3n) is 2.50. The van der Waals surface area contributed by atoms with Crippen LogP contribution in [0.25, 0.3) is 10.9 Å². The summed E-state index contributed by atoms with van der Waals surface area (Å²) in [6, 6.07) is 9.46. The van der Waals surface area contributed by atoms with Crippen molar-refractivity contribution in [2.24, 2.45) is 7.05 Å². The van der Waals surface area contributed by atoms with Crippen molar-refractivity contribution >= 4 is 41.0 Å². The van der Waals surface area contributed by atoms with Crippen molar-refractivity contribution in [2.75, 3.05) is 6.54 Å². The lowest BCUT2D eigenvalue weighted by molar-refractivity contribution is -0.645. The van der Waals surface area contributed by atoms with Gasteiger partial charge in [0.05, 0.1) is 5.39 Å². The van der Waals surface area contributed by atoms with E-state index in [9.17, 15) is 15.0 Å². The van der Waals surface area contributed by atoms with Crippen LogP contribution in [0, 0.1) is 0 Å². The highest BCUT2D eigenvalue weighted by Gasteiger charge is 2.07. The molecule has 2 rings (SSSR count). The Labute approximate surface area is 135 Å². The number of aromatic nitrogens is 1. The summed E-state index contributed by atoms with van der Waals surface area (Å²) >= 11 is 0. The molecule has 0 saturated heterocycles. The number of rotatable bonds is 2. The van der Waals surface area contributed by atoms with E-state index < -0.39 is 6.09 Å². The van der Waals surface area contributed by atoms with E-state index in [0.29, 0.717) is 12.3 Å². The predicted molar refractivity (Wildman–Crippen MR) is 85.9 cm³/mol. The van der Waals surface area contributed by atoms with Crippen LogP contribution in [-0.4, -0.2) is 17.7 Å². The lowest BCUT2D eigenvalue weighted by Crippen LogP contribution is -2.36. The van der Waals surface area contributed by atoms with Gasteiger partial charge in [-0.15, -0.1) is 24.0 Å². The van der Waals surface area contributed by atoms with Crippen LogP contribution in [0.2, 0.25) is 0 Å². The first-order valence-corrected chi connectivity index (χ1v) is 6.07. The molecule has 0 aliphatic rings. The molecule has 0 aliphatic heterocycles. The minimum atomic E-state index is -1.19. The standard InChI is InChI=1S/C10H9NO.C4H9NO2.HI/c1-11-7-3-5-8-4-2-6-9(12)10(8)11;1-2-3-5-4(6)7;/h2-7H,1H3;5H,2-3H2,1H3,(H,6,7);1H. The molecule has 0 unspecified atom stereocenters. The topological polar surface area (TPSA) is 76.3 Å².